The molecule has 1 aliphatic carbocycles. The van der Waals surface area contributed by atoms with Gasteiger partial charge in [0.25, 0.3) is 0 Å². The van der Waals surface area contributed by atoms with Gasteiger partial charge in [0.2, 0.25) is 10.0 Å². The van der Waals surface area contributed by atoms with E-state index >= 15 is 0 Å². The number of sulfonamides is 1. The van der Waals surface area contributed by atoms with Crippen LogP contribution < -0.4 is 4.72 Å². The molecule has 4 rings (SSSR count). The monoisotopic (exact) mass is 362 g/mol. The molecule has 1 N–H and O–H groups in total. The van der Waals surface area contributed by atoms with Gasteiger partial charge in [-0.15, -0.1) is 0 Å². The molecule has 1 aromatic carbocycles. The van der Waals surface area contributed by atoms with E-state index in [1.54, 1.807) is 11.8 Å². The molecule has 2 aromatic rings. The second kappa shape index (κ2) is 6.51. The highest BCUT2D eigenvalue weighted by Gasteiger charge is 2.35. The minimum Gasteiger partial charge on any atom is -0.377 e. The van der Waals surface area contributed by atoms with E-state index in [9.17, 15) is 8.42 Å². The van der Waals surface area contributed by atoms with E-state index in [4.69, 9.17) is 4.74 Å². The van der Waals surface area contributed by atoms with Gasteiger partial charge < -0.3 is 4.74 Å². The van der Waals surface area contributed by atoms with Crippen molar-refractivity contribution in [3.8, 4) is 0 Å². The number of ether oxygens (including phenoxy) is 1. The lowest BCUT2D eigenvalue weighted by Gasteiger charge is -2.24. The molecule has 1 atom stereocenters. The van der Waals surface area contributed by atoms with Gasteiger partial charge in [0.05, 0.1) is 11.3 Å². The fourth-order valence-electron chi connectivity index (χ4n) is 3.73. The summed E-state index contributed by atoms with van der Waals surface area (Å²) in [5.74, 6) is 1.29. The first-order valence-electron chi connectivity index (χ1n) is 8.57. The van der Waals surface area contributed by atoms with E-state index in [2.05, 4.69) is 14.8 Å². The SMILES string of the molecule is COCc1nc2n(n1)CCC[C@H]2NS(=O)(=O)C1Cc2ccccc2C1. The third-order valence-electron chi connectivity index (χ3n) is 4.95. The second-order valence-corrected chi connectivity index (χ2v) is 8.69. The number of aryl methyl sites for hydroxylation is 1. The summed E-state index contributed by atoms with van der Waals surface area (Å²) in [7, 11) is -1.84. The zero-order valence-electron chi connectivity index (χ0n) is 14.2. The largest absolute Gasteiger partial charge is 0.377 e. The fraction of sp³-hybridized carbons (Fsp3) is 0.529. The Morgan fingerprint density at radius 2 is 2.00 bits per heavy atom. The predicted octanol–water partition coefficient (Wildman–Crippen LogP) is 1.35. The third kappa shape index (κ3) is 3.21. The number of rotatable bonds is 5. The summed E-state index contributed by atoms with van der Waals surface area (Å²) >= 11 is 0. The van der Waals surface area contributed by atoms with Crippen LogP contribution >= 0.6 is 0 Å². The number of methoxy groups -OCH3 is 1. The van der Waals surface area contributed by atoms with Crippen LogP contribution in [0.3, 0.4) is 0 Å². The van der Waals surface area contributed by atoms with Gasteiger partial charge in [0, 0.05) is 13.7 Å². The first kappa shape index (κ1) is 16.7. The van der Waals surface area contributed by atoms with Crippen molar-refractivity contribution in [2.24, 2.45) is 0 Å². The molecule has 0 bridgehead atoms. The highest BCUT2D eigenvalue weighted by molar-refractivity contribution is 7.90. The minimum absolute atomic E-state index is 0.319. The lowest BCUT2D eigenvalue weighted by molar-refractivity contribution is 0.177. The van der Waals surface area contributed by atoms with Crippen LogP contribution in [0.1, 0.15) is 41.7 Å². The summed E-state index contributed by atoms with van der Waals surface area (Å²) in [6.07, 6.45) is 2.75. The maximum absolute atomic E-state index is 12.9. The molecule has 0 radical (unpaired) electrons. The summed E-state index contributed by atoms with van der Waals surface area (Å²) < 4.78 is 35.6. The molecule has 0 amide bonds. The summed E-state index contributed by atoms with van der Waals surface area (Å²) in [6.45, 7) is 1.09. The Morgan fingerprint density at radius 3 is 2.68 bits per heavy atom. The Labute approximate surface area is 147 Å². The zero-order chi connectivity index (χ0) is 17.4. The number of hydrogen-bond acceptors (Lipinski definition) is 5. The summed E-state index contributed by atoms with van der Waals surface area (Å²) in [4.78, 5) is 4.47. The van der Waals surface area contributed by atoms with Crippen molar-refractivity contribution in [1.29, 1.82) is 0 Å². The van der Waals surface area contributed by atoms with Gasteiger partial charge in [-0.25, -0.2) is 22.8 Å². The van der Waals surface area contributed by atoms with Crippen molar-refractivity contribution < 1.29 is 13.2 Å². The lowest BCUT2D eigenvalue weighted by atomic mass is 10.1. The Hall–Kier alpha value is -1.77. The Kier molecular flexibility index (Phi) is 4.35. The molecule has 0 saturated carbocycles. The van der Waals surface area contributed by atoms with Crippen molar-refractivity contribution >= 4 is 10.0 Å². The molecule has 0 fully saturated rings. The molecule has 2 heterocycles. The summed E-state index contributed by atoms with van der Waals surface area (Å²) in [6, 6.07) is 7.63. The minimum atomic E-state index is -3.44. The van der Waals surface area contributed by atoms with Crippen LogP contribution in [0.2, 0.25) is 0 Å². The van der Waals surface area contributed by atoms with Crippen LogP contribution in [0, 0.1) is 0 Å². The highest BCUT2D eigenvalue weighted by Crippen LogP contribution is 2.29. The predicted molar refractivity (Wildman–Crippen MR) is 92.4 cm³/mol. The first-order valence-corrected chi connectivity index (χ1v) is 10.1. The van der Waals surface area contributed by atoms with E-state index in [1.807, 2.05) is 24.3 Å². The van der Waals surface area contributed by atoms with Crippen molar-refractivity contribution in [3.05, 3.63) is 47.0 Å². The van der Waals surface area contributed by atoms with Gasteiger partial charge in [-0.3, -0.25) is 0 Å². The Balaban J connectivity index is 1.53. The average molecular weight is 362 g/mol. The van der Waals surface area contributed by atoms with Gasteiger partial charge >= 0.3 is 0 Å². The Bertz CT molecular complexity index is 853. The van der Waals surface area contributed by atoms with E-state index in [-0.39, 0.29) is 6.04 Å². The standard InChI is InChI=1S/C17H22N4O3S/c1-24-11-16-18-17-15(7-4-8-21(17)19-16)20-25(22,23)14-9-12-5-2-3-6-13(12)10-14/h2-3,5-6,14-15,20H,4,7-11H2,1H3/t15-/m1/s1. The molecule has 25 heavy (non-hydrogen) atoms. The van der Waals surface area contributed by atoms with E-state index < -0.39 is 15.3 Å². The molecule has 2 aliphatic rings. The fourth-order valence-corrected chi connectivity index (χ4v) is 5.34. The van der Waals surface area contributed by atoms with E-state index in [0.29, 0.717) is 31.1 Å². The van der Waals surface area contributed by atoms with Gasteiger partial charge in [0.1, 0.15) is 12.4 Å². The van der Waals surface area contributed by atoms with E-state index in [0.717, 1.165) is 30.5 Å². The lowest BCUT2D eigenvalue weighted by Crippen LogP contribution is -2.39. The van der Waals surface area contributed by atoms with Crippen molar-refractivity contribution in [3.63, 3.8) is 0 Å². The molecular weight excluding hydrogens is 340 g/mol. The maximum Gasteiger partial charge on any atom is 0.215 e. The average Bonchev–Trinajstić information content (AvgIpc) is 3.19. The van der Waals surface area contributed by atoms with Crippen LogP contribution in [0.5, 0.6) is 0 Å². The van der Waals surface area contributed by atoms with Crippen molar-refractivity contribution in [2.75, 3.05) is 7.11 Å². The molecule has 0 unspecified atom stereocenters. The molecule has 134 valence electrons. The maximum atomic E-state index is 12.9. The van der Waals surface area contributed by atoms with Crippen LogP contribution in [-0.2, 0) is 40.8 Å². The zero-order valence-corrected chi connectivity index (χ0v) is 15.0. The number of benzene rings is 1. The molecule has 0 spiro atoms. The van der Waals surface area contributed by atoms with Crippen LogP contribution in [0.4, 0.5) is 0 Å². The topological polar surface area (TPSA) is 86.1 Å². The van der Waals surface area contributed by atoms with Gasteiger partial charge in [-0.05, 0) is 36.8 Å². The first-order chi connectivity index (χ1) is 12.1. The summed E-state index contributed by atoms with van der Waals surface area (Å²) in [5.41, 5.74) is 2.26. The van der Waals surface area contributed by atoms with Crippen molar-refractivity contribution in [2.45, 2.75) is 50.1 Å². The third-order valence-corrected chi connectivity index (χ3v) is 6.77. The van der Waals surface area contributed by atoms with Gasteiger partial charge in [-0.2, -0.15) is 5.10 Å². The number of fused-ring (bicyclic) bond motifs is 2. The molecule has 7 nitrogen and oxygen atoms in total. The molecular formula is C17H22N4O3S. The highest BCUT2D eigenvalue weighted by atomic mass is 32.2. The summed E-state index contributed by atoms with van der Waals surface area (Å²) in [5, 5.41) is 3.98. The quantitative estimate of drug-likeness (QED) is 0.868. The van der Waals surface area contributed by atoms with Gasteiger partial charge in [0.15, 0.2) is 5.82 Å². The number of hydrogen-bond donors (Lipinski definition) is 1. The van der Waals surface area contributed by atoms with Gasteiger partial charge in [-0.1, -0.05) is 24.3 Å². The second-order valence-electron chi connectivity index (χ2n) is 6.70. The van der Waals surface area contributed by atoms with Crippen LogP contribution in [0.25, 0.3) is 0 Å². The van der Waals surface area contributed by atoms with Crippen LogP contribution in [-0.4, -0.2) is 35.5 Å². The number of nitrogens with one attached hydrogen (secondary N) is 1. The molecule has 1 aromatic heterocycles. The van der Waals surface area contributed by atoms with Crippen LogP contribution in [0.15, 0.2) is 24.3 Å². The Morgan fingerprint density at radius 1 is 1.28 bits per heavy atom. The number of aromatic nitrogens is 3. The molecule has 8 heteroatoms. The van der Waals surface area contributed by atoms with Crippen molar-refractivity contribution in [1.82, 2.24) is 19.5 Å². The molecule has 1 aliphatic heterocycles. The number of nitrogens with zero attached hydrogens (tertiary/aromatic N) is 3. The molecule has 0 saturated heterocycles. The normalized spacial score (nSPS) is 20.4. The van der Waals surface area contributed by atoms with E-state index in [1.165, 1.54) is 0 Å². The smallest absolute Gasteiger partial charge is 0.215 e.